The summed E-state index contributed by atoms with van der Waals surface area (Å²) in [7, 11) is -3.30. The first kappa shape index (κ1) is 23.8. The van der Waals surface area contributed by atoms with E-state index in [2.05, 4.69) is 0 Å². The van der Waals surface area contributed by atoms with Crippen LogP contribution in [0.15, 0.2) is 52.3 Å². The van der Waals surface area contributed by atoms with E-state index in [9.17, 15) is 18.0 Å². The zero-order valence-corrected chi connectivity index (χ0v) is 19.9. The molecule has 1 aliphatic heterocycles. The van der Waals surface area contributed by atoms with E-state index in [1.807, 2.05) is 27.7 Å². The predicted octanol–water partition coefficient (Wildman–Crippen LogP) is 3.41. The maximum absolute atomic E-state index is 12.6. The number of rotatable bonds is 4. The maximum Gasteiger partial charge on any atom is 0.410 e. The molecule has 0 radical (unpaired) electrons. The van der Waals surface area contributed by atoms with Crippen LogP contribution in [0.25, 0.3) is 5.69 Å². The van der Waals surface area contributed by atoms with E-state index in [0.29, 0.717) is 30.8 Å². The summed E-state index contributed by atoms with van der Waals surface area (Å²) < 4.78 is 36.1. The van der Waals surface area contributed by atoms with Crippen LogP contribution in [0.3, 0.4) is 0 Å². The first-order valence-electron chi connectivity index (χ1n) is 10.5. The first-order valence-corrected chi connectivity index (χ1v) is 12.4. The highest BCUT2D eigenvalue weighted by Crippen LogP contribution is 2.24. The van der Waals surface area contributed by atoms with Crippen molar-refractivity contribution in [3.05, 3.63) is 52.9 Å². The number of aromatic nitrogens is 1. The average molecular weight is 463 g/mol. The van der Waals surface area contributed by atoms with Crippen molar-refractivity contribution >= 4 is 15.9 Å². The van der Waals surface area contributed by atoms with Gasteiger partial charge in [-0.15, -0.1) is 0 Å². The van der Waals surface area contributed by atoms with Crippen molar-refractivity contribution < 1.29 is 22.7 Å². The average Bonchev–Trinajstić information content (AvgIpc) is 2.66. The lowest BCUT2D eigenvalue weighted by Gasteiger charge is -2.38. The van der Waals surface area contributed by atoms with Gasteiger partial charge in [-0.05, 0) is 58.0 Å². The van der Waals surface area contributed by atoms with Gasteiger partial charge in [-0.1, -0.05) is 0 Å². The van der Waals surface area contributed by atoms with Crippen LogP contribution in [-0.2, 0) is 14.6 Å². The van der Waals surface area contributed by atoms with E-state index in [1.54, 1.807) is 29.3 Å². The summed E-state index contributed by atoms with van der Waals surface area (Å²) in [6.07, 6.45) is 3.57. The Morgan fingerprint density at radius 2 is 1.78 bits per heavy atom. The van der Waals surface area contributed by atoms with E-state index >= 15 is 0 Å². The van der Waals surface area contributed by atoms with Gasteiger partial charge in [-0.2, -0.15) is 0 Å². The highest BCUT2D eigenvalue weighted by Gasteiger charge is 2.32. The quantitative estimate of drug-likeness (QED) is 0.691. The molecule has 0 unspecified atom stereocenters. The van der Waals surface area contributed by atoms with Crippen LogP contribution in [0.4, 0.5) is 4.79 Å². The molecule has 174 valence electrons. The molecule has 1 aromatic carbocycles. The standard InChI is InChI=1S/C23H30N2O6S/c1-16-14-18(10-12-24(16)22(27)31-23(2,3)4)30-19-11-13-25(21(26)15-19)17-6-8-20(9-7-17)32(5,28)29/h6-9,11,13,15-16,18H,10,12,14H2,1-5H3/t16-,18+/m0/s1. The van der Waals surface area contributed by atoms with E-state index < -0.39 is 15.4 Å². The van der Waals surface area contributed by atoms with Gasteiger partial charge in [-0.25, -0.2) is 13.2 Å². The minimum absolute atomic E-state index is 0.0441. The molecule has 0 N–H and O–H groups in total. The molecular weight excluding hydrogens is 432 g/mol. The zero-order valence-electron chi connectivity index (χ0n) is 19.1. The molecule has 2 atom stereocenters. The molecule has 32 heavy (non-hydrogen) atoms. The lowest BCUT2D eigenvalue weighted by molar-refractivity contribution is -0.00105. The Balaban J connectivity index is 1.65. The fourth-order valence-corrected chi connectivity index (χ4v) is 4.25. The number of hydrogen-bond acceptors (Lipinski definition) is 6. The maximum atomic E-state index is 12.6. The predicted molar refractivity (Wildman–Crippen MR) is 121 cm³/mol. The molecule has 9 heteroatoms. The summed E-state index contributed by atoms with van der Waals surface area (Å²) in [5.41, 5.74) is -0.263. The number of piperidine rings is 1. The van der Waals surface area contributed by atoms with E-state index in [1.165, 1.54) is 22.8 Å². The topological polar surface area (TPSA) is 94.9 Å². The highest BCUT2D eigenvalue weighted by molar-refractivity contribution is 7.90. The summed E-state index contributed by atoms with van der Waals surface area (Å²) in [5, 5.41) is 0. The third-order valence-corrected chi connectivity index (χ3v) is 6.32. The van der Waals surface area contributed by atoms with Gasteiger partial charge in [0, 0.05) is 49.6 Å². The molecule has 1 aromatic heterocycles. The minimum atomic E-state index is -3.30. The van der Waals surface area contributed by atoms with Crippen LogP contribution in [0.5, 0.6) is 5.75 Å². The second-order valence-corrected chi connectivity index (χ2v) is 11.1. The number of ether oxygens (including phenoxy) is 2. The minimum Gasteiger partial charge on any atom is -0.490 e. The van der Waals surface area contributed by atoms with Gasteiger partial charge in [0.25, 0.3) is 5.56 Å². The van der Waals surface area contributed by atoms with E-state index in [-0.39, 0.29) is 28.7 Å². The number of sulfone groups is 1. The van der Waals surface area contributed by atoms with E-state index in [0.717, 1.165) is 6.26 Å². The molecule has 0 bridgehead atoms. The number of hydrogen-bond donors (Lipinski definition) is 0. The highest BCUT2D eigenvalue weighted by atomic mass is 32.2. The normalized spacial score (nSPS) is 19.5. The number of likely N-dealkylation sites (tertiary alicyclic amines) is 1. The Kier molecular flexibility index (Phi) is 6.69. The van der Waals surface area contributed by atoms with E-state index in [4.69, 9.17) is 9.47 Å². The Morgan fingerprint density at radius 1 is 1.12 bits per heavy atom. The molecule has 1 amide bonds. The number of nitrogens with zero attached hydrogens (tertiary/aromatic N) is 2. The first-order chi connectivity index (χ1) is 14.8. The fourth-order valence-electron chi connectivity index (χ4n) is 3.62. The number of carbonyl (C=O) groups excluding carboxylic acids is 1. The van der Waals surface area contributed by atoms with Crippen LogP contribution >= 0.6 is 0 Å². The SMILES string of the molecule is C[C@H]1C[C@H](Oc2ccn(-c3ccc(S(C)(=O)=O)cc3)c(=O)c2)CCN1C(=O)OC(C)(C)C. The molecular formula is C23H30N2O6S. The largest absolute Gasteiger partial charge is 0.490 e. The van der Waals surface area contributed by atoms with Gasteiger partial charge in [0.05, 0.1) is 4.90 Å². The van der Waals surface area contributed by atoms with Crippen LogP contribution in [0.1, 0.15) is 40.5 Å². The summed E-state index contributed by atoms with van der Waals surface area (Å²) in [6, 6.07) is 9.20. The lowest BCUT2D eigenvalue weighted by atomic mass is 10.0. The molecule has 0 saturated carbocycles. The summed E-state index contributed by atoms with van der Waals surface area (Å²) >= 11 is 0. The second-order valence-electron chi connectivity index (χ2n) is 9.12. The summed E-state index contributed by atoms with van der Waals surface area (Å²) in [5.74, 6) is 0.460. The van der Waals surface area contributed by atoms with Gasteiger partial charge in [0.2, 0.25) is 0 Å². The van der Waals surface area contributed by atoms with Crippen LogP contribution in [0.2, 0.25) is 0 Å². The fraction of sp³-hybridized carbons (Fsp3) is 0.478. The molecule has 8 nitrogen and oxygen atoms in total. The van der Waals surface area contributed by atoms with Gasteiger partial charge >= 0.3 is 6.09 Å². The Bertz CT molecular complexity index is 1130. The monoisotopic (exact) mass is 462 g/mol. The van der Waals surface area contributed by atoms with Crippen molar-refractivity contribution in [1.82, 2.24) is 9.47 Å². The van der Waals surface area contributed by atoms with Gasteiger partial charge in [0.1, 0.15) is 17.5 Å². The molecule has 1 fully saturated rings. The summed E-state index contributed by atoms with van der Waals surface area (Å²) in [6.45, 7) is 8.00. The molecule has 2 aromatic rings. The van der Waals surface area contributed by atoms with Crippen LogP contribution in [-0.4, -0.2) is 54.5 Å². The van der Waals surface area contributed by atoms with Crippen molar-refractivity contribution in [1.29, 1.82) is 0 Å². The van der Waals surface area contributed by atoms with Gasteiger partial charge in [0.15, 0.2) is 9.84 Å². The molecule has 0 aliphatic carbocycles. The zero-order chi connectivity index (χ0) is 23.7. The molecule has 1 aliphatic rings. The lowest BCUT2D eigenvalue weighted by Crippen LogP contribution is -2.49. The van der Waals surface area contributed by atoms with Crippen LogP contribution < -0.4 is 10.3 Å². The third kappa shape index (κ3) is 5.91. The molecule has 3 rings (SSSR count). The Hall–Kier alpha value is -2.81. The second kappa shape index (κ2) is 8.97. The Morgan fingerprint density at radius 3 is 2.31 bits per heavy atom. The van der Waals surface area contributed by atoms with Crippen molar-refractivity contribution in [2.45, 2.75) is 63.2 Å². The molecule has 2 heterocycles. The smallest absolute Gasteiger partial charge is 0.410 e. The molecule has 1 saturated heterocycles. The van der Waals surface area contributed by atoms with Crippen molar-refractivity contribution in [2.75, 3.05) is 12.8 Å². The van der Waals surface area contributed by atoms with Crippen molar-refractivity contribution in [3.8, 4) is 11.4 Å². The number of amides is 1. The number of carbonyl (C=O) groups is 1. The van der Waals surface area contributed by atoms with Gasteiger partial charge in [-0.3, -0.25) is 9.36 Å². The van der Waals surface area contributed by atoms with Crippen molar-refractivity contribution in [3.63, 3.8) is 0 Å². The number of pyridine rings is 1. The summed E-state index contributed by atoms with van der Waals surface area (Å²) in [4.78, 5) is 26.9. The number of benzene rings is 1. The van der Waals surface area contributed by atoms with Crippen molar-refractivity contribution in [2.24, 2.45) is 0 Å². The molecule has 0 spiro atoms. The Labute approximate surface area is 188 Å². The third-order valence-electron chi connectivity index (χ3n) is 5.19. The van der Waals surface area contributed by atoms with Crippen LogP contribution in [0, 0.1) is 0 Å². The van der Waals surface area contributed by atoms with Gasteiger partial charge < -0.3 is 14.4 Å².